The molecule has 0 aliphatic carbocycles. The summed E-state index contributed by atoms with van der Waals surface area (Å²) >= 11 is 6.15. The highest BCUT2D eigenvalue weighted by molar-refractivity contribution is 6.31. The standard InChI is InChI=1S/C20H19ClN2O2/c1-25-15-4-2-3-13(9-15)10-20(24)23-8-7-19-17(12-23)16-11-14(21)5-6-18(16)22-19/h2-6,9,11,22H,7-8,10,12H2,1H3. The van der Waals surface area contributed by atoms with Crippen LogP contribution in [0.25, 0.3) is 10.9 Å². The third-order valence-electron chi connectivity index (χ3n) is 4.78. The molecule has 0 radical (unpaired) electrons. The first-order chi connectivity index (χ1) is 12.1. The lowest BCUT2D eigenvalue weighted by Gasteiger charge is -2.27. The Hall–Kier alpha value is -2.46. The highest BCUT2D eigenvalue weighted by atomic mass is 35.5. The molecule has 4 nitrogen and oxygen atoms in total. The zero-order valence-electron chi connectivity index (χ0n) is 14.0. The monoisotopic (exact) mass is 354 g/mol. The number of rotatable bonds is 3. The summed E-state index contributed by atoms with van der Waals surface area (Å²) in [4.78, 5) is 18.1. The van der Waals surface area contributed by atoms with E-state index in [1.807, 2.05) is 47.4 Å². The quantitative estimate of drug-likeness (QED) is 0.773. The van der Waals surface area contributed by atoms with E-state index >= 15 is 0 Å². The van der Waals surface area contributed by atoms with Crippen molar-refractivity contribution in [2.45, 2.75) is 19.4 Å². The Kier molecular flexibility index (Phi) is 4.14. The van der Waals surface area contributed by atoms with Gasteiger partial charge in [-0.1, -0.05) is 23.7 Å². The molecule has 0 atom stereocenters. The first-order valence-corrected chi connectivity index (χ1v) is 8.71. The van der Waals surface area contributed by atoms with Crippen molar-refractivity contribution in [3.63, 3.8) is 0 Å². The first kappa shape index (κ1) is 16.0. The fourth-order valence-corrected chi connectivity index (χ4v) is 3.64. The van der Waals surface area contributed by atoms with Crippen molar-refractivity contribution in [1.29, 1.82) is 0 Å². The lowest BCUT2D eigenvalue weighted by Crippen LogP contribution is -2.36. The van der Waals surface area contributed by atoms with E-state index in [4.69, 9.17) is 16.3 Å². The molecule has 25 heavy (non-hydrogen) atoms. The number of nitrogens with one attached hydrogen (secondary N) is 1. The Morgan fingerprint density at radius 1 is 1.28 bits per heavy atom. The number of amides is 1. The van der Waals surface area contributed by atoms with E-state index in [1.54, 1.807) is 7.11 Å². The molecule has 0 bridgehead atoms. The Morgan fingerprint density at radius 3 is 3.00 bits per heavy atom. The van der Waals surface area contributed by atoms with Crippen LogP contribution in [0.4, 0.5) is 0 Å². The van der Waals surface area contributed by atoms with E-state index in [0.29, 0.717) is 18.0 Å². The predicted octanol–water partition coefficient (Wildman–Crippen LogP) is 3.96. The molecule has 0 saturated heterocycles. The number of H-pyrrole nitrogens is 1. The van der Waals surface area contributed by atoms with Gasteiger partial charge in [-0.2, -0.15) is 0 Å². The molecular formula is C20H19ClN2O2. The number of hydrogen-bond donors (Lipinski definition) is 1. The van der Waals surface area contributed by atoms with E-state index in [2.05, 4.69) is 4.98 Å². The molecule has 2 heterocycles. The molecule has 1 amide bonds. The third kappa shape index (κ3) is 3.10. The molecule has 0 spiro atoms. The number of nitrogens with zero attached hydrogens (tertiary/aromatic N) is 1. The molecule has 1 aliphatic rings. The van der Waals surface area contributed by atoms with E-state index in [1.165, 1.54) is 11.3 Å². The molecule has 5 heteroatoms. The Balaban J connectivity index is 1.56. The number of ether oxygens (including phenoxy) is 1. The second-order valence-electron chi connectivity index (χ2n) is 6.37. The molecule has 1 aliphatic heterocycles. The average Bonchev–Trinajstić information content (AvgIpc) is 2.99. The normalized spacial score (nSPS) is 13.8. The van der Waals surface area contributed by atoms with Crippen LogP contribution >= 0.6 is 11.6 Å². The van der Waals surface area contributed by atoms with Crippen LogP contribution in [-0.4, -0.2) is 29.4 Å². The third-order valence-corrected chi connectivity index (χ3v) is 5.01. The summed E-state index contributed by atoms with van der Waals surface area (Å²) in [6.45, 7) is 1.36. The summed E-state index contributed by atoms with van der Waals surface area (Å²) in [5.74, 6) is 0.910. The summed E-state index contributed by atoms with van der Waals surface area (Å²) in [5, 5.41) is 1.83. The first-order valence-electron chi connectivity index (χ1n) is 8.34. The summed E-state index contributed by atoms with van der Waals surface area (Å²) in [6, 6.07) is 13.5. The highest BCUT2D eigenvalue weighted by Gasteiger charge is 2.24. The minimum absolute atomic E-state index is 0.135. The van der Waals surface area contributed by atoms with E-state index < -0.39 is 0 Å². The van der Waals surface area contributed by atoms with Crippen molar-refractivity contribution >= 4 is 28.4 Å². The number of aromatic nitrogens is 1. The van der Waals surface area contributed by atoms with Crippen molar-refractivity contribution < 1.29 is 9.53 Å². The number of benzene rings is 2. The second-order valence-corrected chi connectivity index (χ2v) is 6.80. The van der Waals surface area contributed by atoms with Crippen LogP contribution in [0.2, 0.25) is 5.02 Å². The van der Waals surface area contributed by atoms with Crippen LogP contribution in [0.5, 0.6) is 5.75 Å². The fraction of sp³-hybridized carbons (Fsp3) is 0.250. The number of carbonyl (C=O) groups is 1. The number of methoxy groups -OCH3 is 1. The second kappa shape index (κ2) is 6.45. The predicted molar refractivity (Wildman–Crippen MR) is 99.1 cm³/mol. The molecule has 0 unspecified atom stereocenters. The summed E-state index contributed by atoms with van der Waals surface area (Å²) in [6.07, 6.45) is 1.22. The van der Waals surface area contributed by atoms with E-state index in [9.17, 15) is 4.79 Å². The van der Waals surface area contributed by atoms with Crippen LogP contribution in [0.15, 0.2) is 42.5 Å². The van der Waals surface area contributed by atoms with Gasteiger partial charge in [0.05, 0.1) is 13.5 Å². The maximum atomic E-state index is 12.8. The van der Waals surface area contributed by atoms with Gasteiger partial charge in [-0.15, -0.1) is 0 Å². The summed E-state index contributed by atoms with van der Waals surface area (Å²) in [7, 11) is 1.63. The maximum Gasteiger partial charge on any atom is 0.227 e. The lowest BCUT2D eigenvalue weighted by molar-refractivity contribution is -0.131. The number of carbonyl (C=O) groups excluding carboxylic acids is 1. The van der Waals surface area contributed by atoms with Gasteiger partial charge in [-0.3, -0.25) is 4.79 Å². The van der Waals surface area contributed by atoms with Gasteiger partial charge in [0.1, 0.15) is 5.75 Å². The van der Waals surface area contributed by atoms with Crippen molar-refractivity contribution in [2.75, 3.05) is 13.7 Å². The minimum atomic E-state index is 0.135. The molecule has 2 aromatic carbocycles. The van der Waals surface area contributed by atoms with Gasteiger partial charge in [-0.25, -0.2) is 0 Å². The van der Waals surface area contributed by atoms with E-state index in [-0.39, 0.29) is 5.91 Å². The molecule has 3 aromatic rings. The smallest absolute Gasteiger partial charge is 0.227 e. The maximum absolute atomic E-state index is 12.8. The van der Waals surface area contributed by atoms with Crippen molar-refractivity contribution in [3.05, 3.63) is 64.3 Å². The molecule has 128 valence electrons. The number of aromatic amines is 1. The molecule has 1 N–H and O–H groups in total. The number of hydrogen-bond acceptors (Lipinski definition) is 2. The van der Waals surface area contributed by atoms with Crippen LogP contribution in [0.1, 0.15) is 16.8 Å². The van der Waals surface area contributed by atoms with Crippen LogP contribution in [0, 0.1) is 0 Å². The zero-order valence-corrected chi connectivity index (χ0v) is 14.8. The number of fused-ring (bicyclic) bond motifs is 3. The molecule has 0 fully saturated rings. The van der Waals surface area contributed by atoms with Gasteiger partial charge in [0, 0.05) is 46.7 Å². The molecular weight excluding hydrogens is 336 g/mol. The number of halogens is 1. The van der Waals surface area contributed by atoms with Gasteiger partial charge in [0.2, 0.25) is 5.91 Å². The van der Waals surface area contributed by atoms with Gasteiger partial charge in [0.15, 0.2) is 0 Å². The van der Waals surface area contributed by atoms with Crippen molar-refractivity contribution in [3.8, 4) is 5.75 Å². The highest BCUT2D eigenvalue weighted by Crippen LogP contribution is 2.30. The van der Waals surface area contributed by atoms with Gasteiger partial charge >= 0.3 is 0 Å². The summed E-state index contributed by atoms with van der Waals surface area (Å²) in [5.41, 5.74) is 4.44. The topological polar surface area (TPSA) is 45.3 Å². The van der Waals surface area contributed by atoms with Crippen LogP contribution < -0.4 is 4.74 Å². The van der Waals surface area contributed by atoms with Gasteiger partial charge < -0.3 is 14.6 Å². The molecule has 4 rings (SSSR count). The largest absolute Gasteiger partial charge is 0.497 e. The fourth-order valence-electron chi connectivity index (χ4n) is 3.47. The van der Waals surface area contributed by atoms with Crippen molar-refractivity contribution in [1.82, 2.24) is 9.88 Å². The van der Waals surface area contributed by atoms with Crippen molar-refractivity contribution in [2.24, 2.45) is 0 Å². The Labute approximate surface area is 151 Å². The lowest BCUT2D eigenvalue weighted by atomic mass is 10.0. The van der Waals surface area contributed by atoms with Gasteiger partial charge in [-0.05, 0) is 35.9 Å². The Morgan fingerprint density at radius 2 is 2.16 bits per heavy atom. The zero-order chi connectivity index (χ0) is 17.4. The molecule has 0 saturated carbocycles. The molecule has 1 aromatic heterocycles. The van der Waals surface area contributed by atoms with E-state index in [0.717, 1.165) is 35.2 Å². The Bertz CT molecular complexity index is 948. The van der Waals surface area contributed by atoms with Crippen LogP contribution in [-0.2, 0) is 24.2 Å². The SMILES string of the molecule is COc1cccc(CC(=O)N2CCc3[nH]c4ccc(Cl)cc4c3C2)c1. The minimum Gasteiger partial charge on any atom is -0.497 e. The van der Waals surface area contributed by atoms with Gasteiger partial charge in [0.25, 0.3) is 0 Å². The summed E-state index contributed by atoms with van der Waals surface area (Å²) < 4.78 is 5.24. The van der Waals surface area contributed by atoms with Crippen LogP contribution in [0.3, 0.4) is 0 Å². The average molecular weight is 355 g/mol.